The summed E-state index contributed by atoms with van der Waals surface area (Å²) in [4.78, 5) is 19.6. The Morgan fingerprint density at radius 2 is 1.91 bits per heavy atom. The first-order valence-corrected chi connectivity index (χ1v) is 12.3. The van der Waals surface area contributed by atoms with Crippen LogP contribution < -0.4 is 10.6 Å². The molecule has 4 aromatic rings. The highest BCUT2D eigenvalue weighted by molar-refractivity contribution is 7.98. The molecule has 1 amide bonds. The summed E-state index contributed by atoms with van der Waals surface area (Å²) in [6.07, 6.45) is 5.37. The first kappa shape index (κ1) is 22.2. The average Bonchev–Trinajstić information content (AvgIpc) is 3.42. The number of nitrogens with zero attached hydrogens (tertiary/aromatic N) is 1. The van der Waals surface area contributed by atoms with E-state index in [0.29, 0.717) is 0 Å². The van der Waals surface area contributed by atoms with E-state index in [1.165, 1.54) is 11.2 Å². The van der Waals surface area contributed by atoms with Gasteiger partial charge in [0.05, 0.1) is 12.3 Å². The fourth-order valence-electron chi connectivity index (χ4n) is 3.54. The Hall–Kier alpha value is -3.03. The predicted octanol–water partition coefficient (Wildman–Crippen LogP) is 6.84. The van der Waals surface area contributed by atoms with Gasteiger partial charge in [-0.1, -0.05) is 12.1 Å². The molecule has 0 saturated carbocycles. The van der Waals surface area contributed by atoms with Crippen LogP contribution in [0.1, 0.15) is 43.7 Å². The maximum absolute atomic E-state index is 12.8. The molecule has 2 N–H and O–H groups in total. The number of aromatic nitrogens is 1. The van der Waals surface area contributed by atoms with E-state index in [9.17, 15) is 4.79 Å². The number of hydrogen-bond donors (Lipinski definition) is 2. The third-order valence-electron chi connectivity index (χ3n) is 5.35. The molecular weight excluding hydrogens is 438 g/mol. The molecule has 0 aliphatic carbocycles. The normalized spacial score (nSPS) is 11.9. The average molecular weight is 464 g/mol. The number of benzene rings is 1. The summed E-state index contributed by atoms with van der Waals surface area (Å²) < 4.78 is 5.29. The second kappa shape index (κ2) is 9.63. The van der Waals surface area contributed by atoms with Crippen molar-refractivity contribution in [1.29, 1.82) is 0 Å². The van der Waals surface area contributed by atoms with E-state index >= 15 is 0 Å². The van der Waals surface area contributed by atoms with Crippen LogP contribution in [-0.2, 0) is 0 Å². The largest absolute Gasteiger partial charge is 0.459 e. The first-order valence-electron chi connectivity index (χ1n) is 10.2. The summed E-state index contributed by atoms with van der Waals surface area (Å²) in [6, 6.07) is 15.7. The molecule has 0 bridgehead atoms. The molecule has 3 heterocycles. The van der Waals surface area contributed by atoms with Crippen LogP contribution in [0.15, 0.2) is 70.3 Å². The van der Waals surface area contributed by atoms with Gasteiger partial charge in [0.25, 0.3) is 5.91 Å². The van der Waals surface area contributed by atoms with Gasteiger partial charge >= 0.3 is 0 Å². The van der Waals surface area contributed by atoms with Gasteiger partial charge in [0, 0.05) is 21.5 Å². The molecule has 7 heteroatoms. The van der Waals surface area contributed by atoms with Crippen molar-refractivity contribution in [2.45, 2.75) is 31.7 Å². The van der Waals surface area contributed by atoms with Crippen LogP contribution in [-0.4, -0.2) is 17.1 Å². The van der Waals surface area contributed by atoms with Crippen LogP contribution in [0.4, 0.5) is 10.8 Å². The summed E-state index contributed by atoms with van der Waals surface area (Å²) in [5.74, 6) is 0.812. The van der Waals surface area contributed by atoms with Gasteiger partial charge in [-0.15, -0.1) is 23.1 Å². The van der Waals surface area contributed by atoms with Gasteiger partial charge in [0.15, 0.2) is 5.76 Å². The quantitative estimate of drug-likeness (QED) is 0.294. The third kappa shape index (κ3) is 4.74. The molecule has 3 aromatic heterocycles. The lowest BCUT2D eigenvalue weighted by molar-refractivity contribution is 0.0997. The summed E-state index contributed by atoms with van der Waals surface area (Å²) in [5.41, 5.74) is 4.40. The number of carbonyl (C=O) groups excluding carboxylic acids is 1. The van der Waals surface area contributed by atoms with Gasteiger partial charge in [-0.25, -0.2) is 4.98 Å². The number of anilines is 2. The minimum Gasteiger partial charge on any atom is -0.459 e. The van der Waals surface area contributed by atoms with Crippen molar-refractivity contribution in [2.24, 2.45) is 0 Å². The number of carbonyl (C=O) groups is 1. The van der Waals surface area contributed by atoms with Gasteiger partial charge in [0.1, 0.15) is 10.8 Å². The van der Waals surface area contributed by atoms with Crippen molar-refractivity contribution >= 4 is 39.8 Å². The Balaban J connectivity index is 1.78. The lowest BCUT2D eigenvalue weighted by atomic mass is 9.96. The molecule has 32 heavy (non-hydrogen) atoms. The lowest BCUT2D eigenvalue weighted by Gasteiger charge is -2.22. The molecule has 0 saturated heterocycles. The highest BCUT2D eigenvalue weighted by Gasteiger charge is 2.25. The van der Waals surface area contributed by atoms with Crippen LogP contribution in [0.25, 0.3) is 0 Å². The summed E-state index contributed by atoms with van der Waals surface area (Å²) >= 11 is 3.28. The molecule has 0 aliphatic rings. The molecular formula is C25H25N3O2S2. The van der Waals surface area contributed by atoms with E-state index < -0.39 is 0 Å². The van der Waals surface area contributed by atoms with Gasteiger partial charge in [-0.05, 0) is 80.1 Å². The number of thiophene rings is 1. The monoisotopic (exact) mass is 463 g/mol. The maximum atomic E-state index is 12.8. The van der Waals surface area contributed by atoms with Crippen LogP contribution in [0.3, 0.4) is 0 Å². The Bertz CT molecular complexity index is 1210. The molecule has 1 aromatic carbocycles. The van der Waals surface area contributed by atoms with Crippen LogP contribution >= 0.6 is 23.1 Å². The van der Waals surface area contributed by atoms with E-state index in [4.69, 9.17) is 4.42 Å². The zero-order valence-electron chi connectivity index (χ0n) is 18.4. The molecule has 4 rings (SSSR count). The number of nitrogens with one attached hydrogen (secondary N) is 2. The summed E-state index contributed by atoms with van der Waals surface area (Å²) in [5, 5.41) is 7.48. The zero-order valence-corrected chi connectivity index (χ0v) is 20.1. The van der Waals surface area contributed by atoms with Gasteiger partial charge in [-0.2, -0.15) is 0 Å². The minimum absolute atomic E-state index is 0.183. The standard InChI is InChI=1S/C25H25N3O2S2/c1-15-11-12-26-21(14-15)27-23(18-7-9-19(31-4)10-8-18)22-16(2)17(3)32-25(22)28-24(29)20-6-5-13-30-20/h5-14,23H,1-4H3,(H,26,27)(H,28,29)/t23-/m0/s1. The fourth-order valence-corrected chi connectivity index (χ4v) is 5.04. The van der Waals surface area contributed by atoms with Crippen LogP contribution in [0, 0.1) is 20.8 Å². The maximum Gasteiger partial charge on any atom is 0.291 e. The van der Waals surface area contributed by atoms with E-state index in [2.05, 4.69) is 60.0 Å². The highest BCUT2D eigenvalue weighted by atomic mass is 32.2. The third-order valence-corrected chi connectivity index (χ3v) is 7.23. The smallest absolute Gasteiger partial charge is 0.291 e. The lowest BCUT2D eigenvalue weighted by Crippen LogP contribution is -2.17. The number of rotatable bonds is 7. The molecule has 164 valence electrons. The minimum atomic E-state index is -0.261. The van der Waals surface area contributed by atoms with Crippen molar-refractivity contribution in [3.8, 4) is 0 Å². The summed E-state index contributed by atoms with van der Waals surface area (Å²) in [6.45, 7) is 6.22. The topological polar surface area (TPSA) is 67.2 Å². The number of aryl methyl sites for hydroxylation is 2. The van der Waals surface area contributed by atoms with Crippen molar-refractivity contribution in [3.63, 3.8) is 0 Å². The van der Waals surface area contributed by atoms with Gasteiger partial charge in [-0.3, -0.25) is 4.79 Å². The van der Waals surface area contributed by atoms with Crippen molar-refractivity contribution < 1.29 is 9.21 Å². The van der Waals surface area contributed by atoms with Gasteiger partial charge < -0.3 is 15.1 Å². The molecule has 0 aliphatic heterocycles. The first-order chi connectivity index (χ1) is 15.5. The molecule has 0 unspecified atom stereocenters. The van der Waals surface area contributed by atoms with E-state index in [1.807, 2.05) is 19.1 Å². The Morgan fingerprint density at radius 1 is 1.12 bits per heavy atom. The second-order valence-electron chi connectivity index (χ2n) is 7.53. The number of amides is 1. The van der Waals surface area contributed by atoms with Crippen LogP contribution in [0.5, 0.6) is 0 Å². The summed E-state index contributed by atoms with van der Waals surface area (Å²) in [7, 11) is 0. The number of hydrogen-bond acceptors (Lipinski definition) is 6. The Labute approximate surface area is 196 Å². The molecule has 0 fully saturated rings. The molecule has 1 atom stereocenters. The Kier molecular flexibility index (Phi) is 6.67. The second-order valence-corrected chi connectivity index (χ2v) is 9.63. The van der Waals surface area contributed by atoms with Crippen molar-refractivity contribution in [3.05, 3.63) is 93.9 Å². The number of pyridine rings is 1. The Morgan fingerprint density at radius 3 is 2.56 bits per heavy atom. The zero-order chi connectivity index (χ0) is 22.7. The number of furan rings is 1. The number of thioether (sulfide) groups is 1. The fraction of sp³-hybridized carbons (Fsp3) is 0.200. The molecule has 5 nitrogen and oxygen atoms in total. The SMILES string of the molecule is CSc1ccc([C@H](Nc2cc(C)ccn2)c2c(NC(=O)c3ccco3)sc(C)c2C)cc1. The van der Waals surface area contributed by atoms with E-state index in [1.54, 1.807) is 41.4 Å². The molecule has 0 radical (unpaired) electrons. The van der Waals surface area contributed by atoms with E-state index in [-0.39, 0.29) is 17.7 Å². The van der Waals surface area contributed by atoms with Gasteiger partial charge in [0.2, 0.25) is 0 Å². The molecule has 0 spiro atoms. The van der Waals surface area contributed by atoms with E-state index in [0.717, 1.165) is 37.9 Å². The van der Waals surface area contributed by atoms with Crippen LogP contribution in [0.2, 0.25) is 0 Å². The highest BCUT2D eigenvalue weighted by Crippen LogP contribution is 2.41. The van der Waals surface area contributed by atoms with Crippen molar-refractivity contribution in [2.75, 3.05) is 16.9 Å². The van der Waals surface area contributed by atoms with Crippen molar-refractivity contribution in [1.82, 2.24) is 4.98 Å². The predicted molar refractivity (Wildman–Crippen MR) is 133 cm³/mol.